The zero-order chi connectivity index (χ0) is 19.1. The normalized spacial score (nSPS) is 11.1. The van der Waals surface area contributed by atoms with Crippen LogP contribution >= 0.6 is 11.6 Å². The number of rotatable bonds is 2. The summed E-state index contributed by atoms with van der Waals surface area (Å²) in [5, 5.41) is 0.963. The van der Waals surface area contributed by atoms with E-state index in [1.807, 2.05) is 0 Å². The second kappa shape index (κ2) is 6.48. The number of halogens is 1. The van der Waals surface area contributed by atoms with Gasteiger partial charge in [0, 0.05) is 25.2 Å². The molecule has 0 saturated carbocycles. The first kappa shape index (κ1) is 17.2. The minimum atomic E-state index is -0.207. The summed E-state index contributed by atoms with van der Waals surface area (Å²) in [4.78, 5) is 34.6. The van der Waals surface area contributed by atoms with E-state index >= 15 is 0 Å². The molecule has 0 atom stereocenters. The summed E-state index contributed by atoms with van der Waals surface area (Å²) in [6, 6.07) is 13.6. The fourth-order valence-corrected chi connectivity index (χ4v) is 2.94. The zero-order valence-electron chi connectivity index (χ0n) is 14.6. The number of aromatic nitrogens is 2. The number of carbonyl (C=O) groups is 1. The van der Waals surface area contributed by atoms with E-state index in [0.29, 0.717) is 22.0 Å². The van der Waals surface area contributed by atoms with Crippen LogP contribution in [0.5, 0.6) is 0 Å². The van der Waals surface area contributed by atoms with E-state index in [0.717, 1.165) is 5.56 Å². The molecule has 3 heterocycles. The molecule has 0 aliphatic rings. The van der Waals surface area contributed by atoms with Gasteiger partial charge in [0.05, 0.1) is 16.5 Å². The standard InChI is InChI=1S/C20H14ClN3O3/c1-24(2)20(26)12-5-3-11(4-6-12)15-9-7-13-17(25)14-8-10-16(21)23-19(14)27-18(13)22-15/h3-10H,1-2H3. The van der Waals surface area contributed by atoms with E-state index in [4.69, 9.17) is 16.0 Å². The summed E-state index contributed by atoms with van der Waals surface area (Å²) in [7, 11) is 3.40. The van der Waals surface area contributed by atoms with E-state index in [9.17, 15) is 9.59 Å². The first-order chi connectivity index (χ1) is 12.9. The highest BCUT2D eigenvalue weighted by molar-refractivity contribution is 6.29. The van der Waals surface area contributed by atoms with Crippen molar-refractivity contribution in [2.45, 2.75) is 0 Å². The van der Waals surface area contributed by atoms with E-state index in [1.54, 1.807) is 62.6 Å². The maximum absolute atomic E-state index is 12.6. The Kier molecular flexibility index (Phi) is 4.12. The van der Waals surface area contributed by atoms with Crippen molar-refractivity contribution < 1.29 is 9.21 Å². The van der Waals surface area contributed by atoms with Crippen LogP contribution in [-0.2, 0) is 0 Å². The molecule has 4 rings (SSSR count). The van der Waals surface area contributed by atoms with Crippen LogP contribution in [0.3, 0.4) is 0 Å². The Morgan fingerprint density at radius 2 is 1.56 bits per heavy atom. The molecular weight excluding hydrogens is 366 g/mol. The molecular formula is C20H14ClN3O3. The molecule has 27 heavy (non-hydrogen) atoms. The van der Waals surface area contributed by atoms with Crippen LogP contribution in [0, 0.1) is 0 Å². The monoisotopic (exact) mass is 379 g/mol. The lowest BCUT2D eigenvalue weighted by molar-refractivity contribution is 0.0827. The lowest BCUT2D eigenvalue weighted by Crippen LogP contribution is -2.21. The molecule has 3 aromatic heterocycles. The van der Waals surface area contributed by atoms with Gasteiger partial charge in [0.2, 0.25) is 16.9 Å². The van der Waals surface area contributed by atoms with Crippen molar-refractivity contribution in [3.05, 3.63) is 69.5 Å². The summed E-state index contributed by atoms with van der Waals surface area (Å²) in [6.45, 7) is 0. The van der Waals surface area contributed by atoms with Crippen LogP contribution in [0.25, 0.3) is 33.5 Å². The second-order valence-corrected chi connectivity index (χ2v) is 6.63. The van der Waals surface area contributed by atoms with Crippen molar-refractivity contribution in [1.29, 1.82) is 0 Å². The van der Waals surface area contributed by atoms with Gasteiger partial charge in [0.25, 0.3) is 5.91 Å². The van der Waals surface area contributed by atoms with Gasteiger partial charge in [-0.15, -0.1) is 0 Å². The average Bonchev–Trinajstić information content (AvgIpc) is 2.67. The number of fused-ring (bicyclic) bond motifs is 2. The molecule has 0 unspecified atom stereocenters. The van der Waals surface area contributed by atoms with Gasteiger partial charge in [-0.2, -0.15) is 0 Å². The highest BCUT2D eigenvalue weighted by Gasteiger charge is 2.12. The zero-order valence-corrected chi connectivity index (χ0v) is 15.3. The molecule has 6 nitrogen and oxygen atoms in total. The molecule has 0 N–H and O–H groups in total. The highest BCUT2D eigenvalue weighted by atomic mass is 35.5. The third-order valence-electron chi connectivity index (χ3n) is 4.20. The molecule has 0 saturated heterocycles. The van der Waals surface area contributed by atoms with Crippen LogP contribution in [0.4, 0.5) is 0 Å². The minimum Gasteiger partial charge on any atom is -0.419 e. The average molecular weight is 380 g/mol. The lowest BCUT2D eigenvalue weighted by atomic mass is 10.1. The first-order valence-corrected chi connectivity index (χ1v) is 8.54. The van der Waals surface area contributed by atoms with E-state index in [2.05, 4.69) is 9.97 Å². The summed E-state index contributed by atoms with van der Waals surface area (Å²) in [6.07, 6.45) is 0. The van der Waals surface area contributed by atoms with Crippen molar-refractivity contribution in [3.63, 3.8) is 0 Å². The van der Waals surface area contributed by atoms with Gasteiger partial charge < -0.3 is 9.32 Å². The molecule has 0 spiro atoms. The predicted molar refractivity (Wildman–Crippen MR) is 104 cm³/mol. The van der Waals surface area contributed by atoms with Crippen LogP contribution in [0.1, 0.15) is 10.4 Å². The van der Waals surface area contributed by atoms with Gasteiger partial charge >= 0.3 is 0 Å². The molecule has 7 heteroatoms. The Balaban J connectivity index is 1.82. The van der Waals surface area contributed by atoms with Gasteiger partial charge in [-0.25, -0.2) is 9.97 Å². The molecule has 0 fully saturated rings. The number of hydrogen-bond donors (Lipinski definition) is 0. The molecule has 0 aliphatic carbocycles. The number of nitrogens with zero attached hydrogens (tertiary/aromatic N) is 3. The van der Waals surface area contributed by atoms with Crippen molar-refractivity contribution in [2.75, 3.05) is 14.1 Å². The van der Waals surface area contributed by atoms with Crippen molar-refractivity contribution in [3.8, 4) is 11.3 Å². The summed E-state index contributed by atoms with van der Waals surface area (Å²) >= 11 is 5.89. The Bertz CT molecular complexity index is 1250. The molecule has 0 bridgehead atoms. The third-order valence-corrected chi connectivity index (χ3v) is 4.41. The summed E-state index contributed by atoms with van der Waals surface area (Å²) in [5.41, 5.74) is 2.14. The second-order valence-electron chi connectivity index (χ2n) is 6.24. The first-order valence-electron chi connectivity index (χ1n) is 8.16. The van der Waals surface area contributed by atoms with Crippen LogP contribution in [0.15, 0.2) is 57.7 Å². The quantitative estimate of drug-likeness (QED) is 0.391. The van der Waals surface area contributed by atoms with Crippen molar-refractivity contribution in [2.24, 2.45) is 0 Å². The van der Waals surface area contributed by atoms with Crippen LogP contribution < -0.4 is 5.43 Å². The topological polar surface area (TPSA) is 76.3 Å². The fraction of sp³-hybridized carbons (Fsp3) is 0.100. The minimum absolute atomic E-state index is 0.0755. The number of benzene rings is 1. The number of amides is 1. The number of hydrogen-bond acceptors (Lipinski definition) is 5. The maximum atomic E-state index is 12.6. The molecule has 134 valence electrons. The van der Waals surface area contributed by atoms with Gasteiger partial charge in [0.1, 0.15) is 5.15 Å². The Morgan fingerprint density at radius 3 is 2.22 bits per heavy atom. The summed E-state index contributed by atoms with van der Waals surface area (Å²) in [5.74, 6) is -0.0755. The van der Waals surface area contributed by atoms with E-state index < -0.39 is 0 Å². The maximum Gasteiger partial charge on any atom is 0.253 e. The SMILES string of the molecule is CN(C)C(=O)c1ccc(-c2ccc3c(=O)c4ccc(Cl)nc4oc3n2)cc1. The van der Waals surface area contributed by atoms with Crippen LogP contribution in [0.2, 0.25) is 5.15 Å². The smallest absolute Gasteiger partial charge is 0.253 e. The number of carbonyl (C=O) groups excluding carboxylic acids is 1. The Morgan fingerprint density at radius 1 is 0.926 bits per heavy atom. The fourth-order valence-electron chi connectivity index (χ4n) is 2.80. The third kappa shape index (κ3) is 3.04. The molecule has 1 aromatic carbocycles. The largest absolute Gasteiger partial charge is 0.419 e. The Labute approximate surface area is 159 Å². The molecule has 1 amide bonds. The highest BCUT2D eigenvalue weighted by Crippen LogP contribution is 2.23. The lowest BCUT2D eigenvalue weighted by Gasteiger charge is -2.10. The number of pyridine rings is 2. The van der Waals surface area contributed by atoms with Crippen molar-refractivity contribution in [1.82, 2.24) is 14.9 Å². The summed E-state index contributed by atoms with van der Waals surface area (Å²) < 4.78 is 5.70. The molecule has 4 aromatic rings. The van der Waals surface area contributed by atoms with Crippen molar-refractivity contribution >= 4 is 39.7 Å². The van der Waals surface area contributed by atoms with E-state index in [1.165, 1.54) is 4.90 Å². The van der Waals surface area contributed by atoms with Gasteiger partial charge in [-0.05, 0) is 36.4 Å². The molecule has 0 radical (unpaired) electrons. The van der Waals surface area contributed by atoms with Gasteiger partial charge in [0.15, 0.2) is 0 Å². The van der Waals surface area contributed by atoms with E-state index in [-0.39, 0.29) is 27.9 Å². The van der Waals surface area contributed by atoms with Gasteiger partial charge in [-0.1, -0.05) is 23.7 Å². The van der Waals surface area contributed by atoms with Crippen LogP contribution in [-0.4, -0.2) is 34.9 Å². The Hall–Kier alpha value is -3.25. The predicted octanol–water partition coefficient (Wildman–Crippen LogP) is 3.76. The van der Waals surface area contributed by atoms with Gasteiger partial charge in [-0.3, -0.25) is 9.59 Å². The molecule has 0 aliphatic heterocycles.